The summed E-state index contributed by atoms with van der Waals surface area (Å²) in [7, 11) is -4.38. The summed E-state index contributed by atoms with van der Waals surface area (Å²) in [5, 5.41) is 19.7. The van der Waals surface area contributed by atoms with Gasteiger partial charge in [-0.2, -0.15) is 4.31 Å². The number of hydrogen-bond acceptors (Lipinski definition) is 5. The van der Waals surface area contributed by atoms with Crippen molar-refractivity contribution >= 4 is 21.7 Å². The van der Waals surface area contributed by atoms with E-state index in [0.29, 0.717) is 23.2 Å². The minimum atomic E-state index is -4.38. The van der Waals surface area contributed by atoms with Crippen molar-refractivity contribution in [2.45, 2.75) is 23.8 Å². The molecule has 1 aromatic carbocycles. The summed E-state index contributed by atoms with van der Waals surface area (Å²) in [5.74, 6) is -2.31. The number of aliphatic carboxylic acids is 1. The Morgan fingerprint density at radius 3 is 2.57 bits per heavy atom. The maximum absolute atomic E-state index is 13.1. The third-order valence-electron chi connectivity index (χ3n) is 2.95. The van der Waals surface area contributed by atoms with Crippen molar-refractivity contribution in [3.63, 3.8) is 0 Å². The smallest absolute Gasteiger partial charge is 0.318 e. The van der Waals surface area contributed by atoms with Gasteiger partial charge in [0.15, 0.2) is 4.90 Å². The Balaban J connectivity index is 2.52. The first-order valence-corrected chi connectivity index (χ1v) is 7.35. The molecule has 1 fully saturated rings. The van der Waals surface area contributed by atoms with Crippen LogP contribution in [-0.4, -0.2) is 41.3 Å². The average Bonchev–Trinajstić information content (AvgIpc) is 3.19. The molecule has 1 aliphatic rings. The SMILES string of the molecule is O=C(O)CN(C1CC1)S(=O)(=O)c1ccc(F)cc1[N+](=O)[O-]. The van der Waals surface area contributed by atoms with Gasteiger partial charge in [0.05, 0.1) is 11.0 Å². The summed E-state index contributed by atoms with van der Waals surface area (Å²) in [4.78, 5) is 20.0. The fourth-order valence-electron chi connectivity index (χ4n) is 1.88. The normalized spacial score (nSPS) is 15.1. The number of nitro benzene ring substituents is 1. The molecule has 0 saturated heterocycles. The molecule has 0 aromatic heterocycles. The first kappa shape index (κ1) is 15.3. The summed E-state index contributed by atoms with van der Waals surface area (Å²) in [6, 6.07) is 1.57. The maximum atomic E-state index is 13.1. The Labute approximate surface area is 119 Å². The standard InChI is InChI=1S/C11H11FN2O6S/c12-7-1-4-10(9(5-7)14(17)18)21(19,20)13(6-11(15)16)8-2-3-8/h1,4-5,8H,2-3,6H2,(H,15,16). The Morgan fingerprint density at radius 2 is 2.10 bits per heavy atom. The highest BCUT2D eigenvalue weighted by molar-refractivity contribution is 7.89. The molecule has 0 heterocycles. The minimum Gasteiger partial charge on any atom is -0.480 e. The quantitative estimate of drug-likeness (QED) is 0.617. The van der Waals surface area contributed by atoms with E-state index < -0.39 is 49.9 Å². The molecule has 1 saturated carbocycles. The van der Waals surface area contributed by atoms with E-state index in [4.69, 9.17) is 5.11 Å². The number of rotatable bonds is 6. The zero-order valence-corrected chi connectivity index (χ0v) is 11.4. The lowest BCUT2D eigenvalue weighted by molar-refractivity contribution is -0.388. The molecule has 1 aliphatic carbocycles. The predicted octanol–water partition coefficient (Wildman–Crippen LogP) is 0.972. The van der Waals surface area contributed by atoms with Gasteiger partial charge in [-0.1, -0.05) is 0 Å². The number of benzene rings is 1. The predicted molar refractivity (Wildman–Crippen MR) is 67.6 cm³/mol. The number of sulfonamides is 1. The molecule has 0 amide bonds. The highest BCUT2D eigenvalue weighted by atomic mass is 32.2. The van der Waals surface area contributed by atoms with Crippen LogP contribution < -0.4 is 0 Å². The third kappa shape index (κ3) is 3.16. The van der Waals surface area contributed by atoms with E-state index in [1.165, 1.54) is 0 Å². The van der Waals surface area contributed by atoms with Crippen LogP contribution in [-0.2, 0) is 14.8 Å². The topological polar surface area (TPSA) is 118 Å². The van der Waals surface area contributed by atoms with Crippen LogP contribution in [0.25, 0.3) is 0 Å². The fourth-order valence-corrected chi connectivity index (χ4v) is 3.66. The molecule has 0 spiro atoms. The first-order chi connectivity index (χ1) is 9.73. The van der Waals surface area contributed by atoms with E-state index in [0.717, 1.165) is 12.1 Å². The largest absolute Gasteiger partial charge is 0.480 e. The van der Waals surface area contributed by atoms with Gasteiger partial charge < -0.3 is 5.11 Å². The first-order valence-electron chi connectivity index (χ1n) is 5.91. The minimum absolute atomic E-state index is 0.488. The van der Waals surface area contributed by atoms with Gasteiger partial charge in [0.2, 0.25) is 0 Å². The van der Waals surface area contributed by atoms with Crippen molar-refractivity contribution in [3.8, 4) is 0 Å². The van der Waals surface area contributed by atoms with Crippen LogP contribution in [0, 0.1) is 15.9 Å². The third-order valence-corrected chi connectivity index (χ3v) is 4.90. The van der Waals surface area contributed by atoms with Gasteiger partial charge in [-0.25, -0.2) is 12.8 Å². The molecule has 0 radical (unpaired) electrons. The molecule has 114 valence electrons. The highest BCUT2D eigenvalue weighted by Gasteiger charge is 2.42. The van der Waals surface area contributed by atoms with E-state index in [2.05, 4.69) is 0 Å². The molecule has 0 atom stereocenters. The number of carboxylic acid groups (broad SMARTS) is 1. The zero-order valence-electron chi connectivity index (χ0n) is 10.6. The van der Waals surface area contributed by atoms with Crippen LogP contribution in [0.15, 0.2) is 23.1 Å². The summed E-state index contributed by atoms with van der Waals surface area (Å²) in [6.07, 6.45) is 0.975. The van der Waals surface area contributed by atoms with E-state index in [1.54, 1.807) is 0 Å². The van der Waals surface area contributed by atoms with Crippen molar-refractivity contribution in [3.05, 3.63) is 34.1 Å². The zero-order chi connectivity index (χ0) is 15.8. The molecule has 10 heteroatoms. The van der Waals surface area contributed by atoms with Gasteiger partial charge in [-0.15, -0.1) is 0 Å². The molecule has 8 nitrogen and oxygen atoms in total. The molecule has 0 bridgehead atoms. The van der Waals surface area contributed by atoms with E-state index in [-0.39, 0.29) is 0 Å². The summed E-state index contributed by atoms with van der Waals surface area (Å²) < 4.78 is 38.6. The molecule has 2 rings (SSSR count). The molecule has 0 unspecified atom stereocenters. The number of halogens is 1. The van der Waals surface area contributed by atoms with E-state index in [9.17, 15) is 27.7 Å². The van der Waals surface area contributed by atoms with Gasteiger partial charge >= 0.3 is 5.97 Å². The van der Waals surface area contributed by atoms with Gasteiger partial charge in [-0.3, -0.25) is 14.9 Å². The molecule has 1 N–H and O–H groups in total. The lowest BCUT2D eigenvalue weighted by atomic mass is 10.3. The van der Waals surface area contributed by atoms with Crippen LogP contribution in [0.3, 0.4) is 0 Å². The number of nitro groups is 1. The molecule has 0 aliphatic heterocycles. The van der Waals surface area contributed by atoms with Crippen LogP contribution in [0.2, 0.25) is 0 Å². The Kier molecular flexibility index (Phi) is 3.92. The highest BCUT2D eigenvalue weighted by Crippen LogP contribution is 2.35. The fraction of sp³-hybridized carbons (Fsp3) is 0.364. The summed E-state index contributed by atoms with van der Waals surface area (Å²) in [6.45, 7) is -0.790. The number of carboxylic acids is 1. The Bertz CT molecular complexity index is 701. The summed E-state index contributed by atoms with van der Waals surface area (Å²) >= 11 is 0. The second kappa shape index (κ2) is 5.37. The number of hydrogen-bond donors (Lipinski definition) is 1. The van der Waals surface area contributed by atoms with Crippen molar-refractivity contribution < 1.29 is 27.6 Å². The Morgan fingerprint density at radius 1 is 1.48 bits per heavy atom. The van der Waals surface area contributed by atoms with Crippen molar-refractivity contribution in [1.29, 1.82) is 0 Å². The van der Waals surface area contributed by atoms with Crippen LogP contribution in [0.1, 0.15) is 12.8 Å². The van der Waals surface area contributed by atoms with Gasteiger partial charge in [0.25, 0.3) is 15.7 Å². The molecular weight excluding hydrogens is 307 g/mol. The second-order valence-electron chi connectivity index (χ2n) is 4.54. The van der Waals surface area contributed by atoms with Crippen molar-refractivity contribution in [2.75, 3.05) is 6.54 Å². The van der Waals surface area contributed by atoms with Gasteiger partial charge in [0, 0.05) is 6.04 Å². The van der Waals surface area contributed by atoms with Gasteiger partial charge in [-0.05, 0) is 25.0 Å². The van der Waals surface area contributed by atoms with E-state index >= 15 is 0 Å². The number of nitrogens with zero attached hydrogens (tertiary/aromatic N) is 2. The van der Waals surface area contributed by atoms with Crippen LogP contribution >= 0.6 is 0 Å². The monoisotopic (exact) mass is 318 g/mol. The molecule has 21 heavy (non-hydrogen) atoms. The van der Waals surface area contributed by atoms with E-state index in [1.807, 2.05) is 0 Å². The number of carbonyl (C=O) groups is 1. The lowest BCUT2D eigenvalue weighted by Gasteiger charge is -2.19. The van der Waals surface area contributed by atoms with Crippen LogP contribution in [0.5, 0.6) is 0 Å². The Hall–Kier alpha value is -2.07. The van der Waals surface area contributed by atoms with Gasteiger partial charge in [0.1, 0.15) is 12.4 Å². The molecule has 1 aromatic rings. The maximum Gasteiger partial charge on any atom is 0.318 e. The average molecular weight is 318 g/mol. The molecular formula is C11H11FN2O6S. The van der Waals surface area contributed by atoms with Crippen molar-refractivity contribution in [1.82, 2.24) is 4.31 Å². The van der Waals surface area contributed by atoms with Crippen LogP contribution in [0.4, 0.5) is 10.1 Å². The van der Waals surface area contributed by atoms with Crippen molar-refractivity contribution in [2.24, 2.45) is 0 Å². The second-order valence-corrected chi connectivity index (χ2v) is 6.40. The summed E-state index contributed by atoms with van der Waals surface area (Å²) in [5.41, 5.74) is -0.911. The lowest BCUT2D eigenvalue weighted by Crippen LogP contribution is -2.37.